The van der Waals surface area contributed by atoms with Crippen LogP contribution < -0.4 is 15.0 Å². The number of hydrogen-bond acceptors (Lipinski definition) is 9. The molecule has 2 aromatic rings. The number of nitrogens with zero attached hydrogens (tertiary/aromatic N) is 4. The van der Waals surface area contributed by atoms with Crippen molar-refractivity contribution < 1.29 is 19.2 Å². The first-order valence-electron chi connectivity index (χ1n) is 9.22. The predicted molar refractivity (Wildman–Crippen MR) is 106 cm³/mol. The Kier molecular flexibility index (Phi) is 6.43. The first-order valence-corrected chi connectivity index (χ1v) is 9.22. The van der Waals surface area contributed by atoms with E-state index < -0.39 is 4.92 Å². The van der Waals surface area contributed by atoms with Gasteiger partial charge in [-0.05, 0) is 30.5 Å². The summed E-state index contributed by atoms with van der Waals surface area (Å²) in [4.78, 5) is 33.0. The summed E-state index contributed by atoms with van der Waals surface area (Å²) < 4.78 is 9.92. The smallest absolute Gasteiger partial charge is 0.353 e. The van der Waals surface area contributed by atoms with E-state index in [1.807, 2.05) is 29.2 Å². The first-order chi connectivity index (χ1) is 14.0. The summed E-state index contributed by atoms with van der Waals surface area (Å²) >= 11 is 0. The molecule has 10 heteroatoms. The number of benzene rings is 1. The highest BCUT2D eigenvalue weighted by Crippen LogP contribution is 2.34. The molecule has 0 unspecified atom stereocenters. The van der Waals surface area contributed by atoms with E-state index in [4.69, 9.17) is 9.47 Å². The molecular weight excluding hydrogens is 378 g/mol. The van der Waals surface area contributed by atoms with Gasteiger partial charge in [-0.15, -0.1) is 0 Å². The van der Waals surface area contributed by atoms with Crippen molar-refractivity contribution >= 4 is 23.3 Å². The summed E-state index contributed by atoms with van der Waals surface area (Å²) in [7, 11) is 2.96. The van der Waals surface area contributed by atoms with Gasteiger partial charge < -0.3 is 19.7 Å². The van der Waals surface area contributed by atoms with Crippen molar-refractivity contribution in [3.63, 3.8) is 0 Å². The molecule has 3 rings (SSSR count). The van der Waals surface area contributed by atoms with Gasteiger partial charge in [-0.1, -0.05) is 12.1 Å². The highest BCUT2D eigenvalue weighted by atomic mass is 16.6. The number of ether oxygens (including phenoxy) is 2. The summed E-state index contributed by atoms with van der Waals surface area (Å²) in [6.07, 6.45) is 2.43. The van der Waals surface area contributed by atoms with Gasteiger partial charge in [0.25, 0.3) is 0 Å². The van der Waals surface area contributed by atoms with E-state index in [9.17, 15) is 14.9 Å². The van der Waals surface area contributed by atoms with Gasteiger partial charge in [0, 0.05) is 19.6 Å². The number of piperidine rings is 1. The third-order valence-electron chi connectivity index (χ3n) is 4.93. The Hall–Kier alpha value is -3.43. The zero-order chi connectivity index (χ0) is 20.8. The molecular formula is C19H23N5O5. The van der Waals surface area contributed by atoms with Crippen LogP contribution >= 0.6 is 0 Å². The van der Waals surface area contributed by atoms with E-state index in [0.29, 0.717) is 32.5 Å². The van der Waals surface area contributed by atoms with E-state index in [0.717, 1.165) is 11.3 Å². The van der Waals surface area contributed by atoms with Crippen LogP contribution in [-0.2, 0) is 16.1 Å². The Morgan fingerprint density at radius 2 is 1.93 bits per heavy atom. The number of nitrogens with one attached hydrogen (secondary N) is 1. The van der Waals surface area contributed by atoms with Crippen LogP contribution in [0.2, 0.25) is 0 Å². The topological polar surface area (TPSA) is 120 Å². The minimum Gasteiger partial charge on any atom is -0.497 e. The Morgan fingerprint density at radius 3 is 2.52 bits per heavy atom. The van der Waals surface area contributed by atoms with Crippen LogP contribution in [0, 0.1) is 16.0 Å². The molecule has 1 saturated heterocycles. The average Bonchev–Trinajstić information content (AvgIpc) is 2.77. The lowest BCUT2D eigenvalue weighted by Crippen LogP contribution is -2.37. The molecule has 1 fully saturated rings. The molecule has 0 radical (unpaired) electrons. The number of methoxy groups -OCH3 is 2. The maximum Gasteiger partial charge on any atom is 0.353 e. The summed E-state index contributed by atoms with van der Waals surface area (Å²) in [5, 5.41) is 14.8. The van der Waals surface area contributed by atoms with Crippen molar-refractivity contribution in [3.8, 4) is 5.75 Å². The Balaban J connectivity index is 1.75. The van der Waals surface area contributed by atoms with Crippen molar-refractivity contribution in [3.05, 3.63) is 46.3 Å². The van der Waals surface area contributed by atoms with Crippen molar-refractivity contribution in [1.29, 1.82) is 0 Å². The molecule has 0 atom stereocenters. The zero-order valence-electron chi connectivity index (χ0n) is 16.3. The second kappa shape index (κ2) is 9.18. The number of aromatic nitrogens is 2. The van der Waals surface area contributed by atoms with Crippen LogP contribution in [0.1, 0.15) is 18.4 Å². The maximum absolute atomic E-state index is 11.8. The highest BCUT2D eigenvalue weighted by molar-refractivity contribution is 5.74. The van der Waals surface area contributed by atoms with E-state index >= 15 is 0 Å². The number of anilines is 2. The fourth-order valence-electron chi connectivity index (χ4n) is 3.32. The van der Waals surface area contributed by atoms with Crippen molar-refractivity contribution in [1.82, 2.24) is 9.97 Å². The average molecular weight is 401 g/mol. The molecule has 29 heavy (non-hydrogen) atoms. The molecule has 0 spiro atoms. The number of nitro groups is 1. The van der Waals surface area contributed by atoms with Gasteiger partial charge in [0.1, 0.15) is 12.1 Å². The third kappa shape index (κ3) is 4.71. The normalized spacial score (nSPS) is 14.3. The molecule has 0 amide bonds. The number of rotatable bonds is 7. The van der Waals surface area contributed by atoms with Crippen LogP contribution in [0.3, 0.4) is 0 Å². The van der Waals surface area contributed by atoms with Crippen molar-refractivity contribution in [2.24, 2.45) is 5.92 Å². The molecule has 0 saturated carbocycles. The SMILES string of the molecule is COC(=O)C1CCN(c2ncnc(NCc3ccc(OC)cc3)c2[N+](=O)[O-])CC1. The monoisotopic (exact) mass is 401 g/mol. The minimum atomic E-state index is -0.474. The lowest BCUT2D eigenvalue weighted by Gasteiger charge is -2.31. The molecule has 1 aliphatic heterocycles. The molecule has 1 N–H and O–H groups in total. The fourth-order valence-corrected chi connectivity index (χ4v) is 3.32. The molecule has 0 bridgehead atoms. The highest BCUT2D eigenvalue weighted by Gasteiger charge is 2.32. The van der Waals surface area contributed by atoms with Crippen LogP contribution in [0.15, 0.2) is 30.6 Å². The molecule has 10 nitrogen and oxygen atoms in total. The quantitative estimate of drug-likeness (QED) is 0.423. The van der Waals surface area contributed by atoms with Gasteiger partial charge >= 0.3 is 11.7 Å². The predicted octanol–water partition coefficient (Wildman–Crippen LogP) is 2.39. The van der Waals surface area contributed by atoms with Gasteiger partial charge in [-0.2, -0.15) is 0 Å². The Labute approximate surface area is 168 Å². The van der Waals surface area contributed by atoms with E-state index in [-0.39, 0.29) is 29.2 Å². The Morgan fingerprint density at radius 1 is 1.24 bits per heavy atom. The van der Waals surface area contributed by atoms with Gasteiger partial charge in [0.05, 0.1) is 25.1 Å². The summed E-state index contributed by atoms with van der Waals surface area (Å²) in [6.45, 7) is 1.33. The molecule has 2 heterocycles. The lowest BCUT2D eigenvalue weighted by molar-refractivity contribution is -0.383. The summed E-state index contributed by atoms with van der Waals surface area (Å²) in [6, 6.07) is 7.39. The number of carbonyl (C=O) groups excluding carboxylic acids is 1. The van der Waals surface area contributed by atoms with Gasteiger partial charge in [-0.3, -0.25) is 14.9 Å². The van der Waals surface area contributed by atoms with Gasteiger partial charge in [0.2, 0.25) is 11.6 Å². The molecule has 1 aromatic carbocycles. The third-order valence-corrected chi connectivity index (χ3v) is 4.93. The fraction of sp³-hybridized carbons (Fsp3) is 0.421. The van der Waals surface area contributed by atoms with Crippen LogP contribution in [0.5, 0.6) is 5.75 Å². The van der Waals surface area contributed by atoms with Crippen LogP contribution in [0.25, 0.3) is 0 Å². The maximum atomic E-state index is 11.8. The summed E-state index contributed by atoms with van der Waals surface area (Å²) in [5.74, 6) is 0.712. The van der Waals surface area contributed by atoms with Crippen LogP contribution in [-0.4, -0.2) is 48.2 Å². The van der Waals surface area contributed by atoms with Gasteiger partial charge in [-0.25, -0.2) is 9.97 Å². The van der Waals surface area contributed by atoms with Gasteiger partial charge in [0.15, 0.2) is 0 Å². The standard InChI is InChI=1S/C19H23N5O5/c1-28-15-5-3-13(4-6-15)11-20-17-16(24(26)27)18(22-12-21-17)23-9-7-14(8-10-23)19(25)29-2/h3-6,12,14H,7-11H2,1-2H3,(H,20,21,22). The van der Waals surface area contributed by atoms with E-state index in [2.05, 4.69) is 15.3 Å². The number of hydrogen-bond donors (Lipinski definition) is 1. The largest absolute Gasteiger partial charge is 0.497 e. The lowest BCUT2D eigenvalue weighted by atomic mass is 9.97. The molecule has 154 valence electrons. The molecule has 0 aliphatic carbocycles. The van der Waals surface area contributed by atoms with E-state index in [1.165, 1.54) is 13.4 Å². The van der Waals surface area contributed by atoms with Crippen molar-refractivity contribution in [2.75, 3.05) is 37.5 Å². The Bertz CT molecular complexity index is 866. The second-order valence-corrected chi connectivity index (χ2v) is 6.64. The zero-order valence-corrected chi connectivity index (χ0v) is 16.3. The number of carbonyl (C=O) groups is 1. The summed E-state index contributed by atoms with van der Waals surface area (Å²) in [5.41, 5.74) is 0.761. The minimum absolute atomic E-state index is 0.158. The van der Waals surface area contributed by atoms with Crippen molar-refractivity contribution in [2.45, 2.75) is 19.4 Å². The first kappa shape index (κ1) is 20.3. The van der Waals surface area contributed by atoms with E-state index in [1.54, 1.807) is 7.11 Å². The molecule has 1 aromatic heterocycles. The second-order valence-electron chi connectivity index (χ2n) is 6.64. The number of esters is 1. The molecule has 1 aliphatic rings. The van der Waals surface area contributed by atoms with Crippen LogP contribution in [0.4, 0.5) is 17.3 Å².